The van der Waals surface area contributed by atoms with Crippen molar-refractivity contribution >= 4 is 21.6 Å². The van der Waals surface area contributed by atoms with Gasteiger partial charge in [0, 0.05) is 36.1 Å². The van der Waals surface area contributed by atoms with Crippen molar-refractivity contribution in [1.29, 1.82) is 0 Å². The SMILES string of the molecule is CCCCn1c(C(C)C)nc(SSc2nc(C(C)C)n(CCCC)c2-c2ccccc2)c1-c1ccccc1. The first kappa shape index (κ1) is 28.6. The van der Waals surface area contributed by atoms with Crippen molar-refractivity contribution in [2.45, 2.75) is 102 Å². The molecular weight excluding hydrogens is 505 g/mol. The topological polar surface area (TPSA) is 35.6 Å². The Morgan fingerprint density at radius 2 is 0.974 bits per heavy atom. The zero-order valence-electron chi connectivity index (χ0n) is 23.8. The highest BCUT2D eigenvalue weighted by Crippen LogP contribution is 2.46. The Labute approximate surface area is 237 Å². The first-order valence-corrected chi connectivity index (χ1v) is 16.3. The molecule has 0 spiro atoms. The highest BCUT2D eigenvalue weighted by Gasteiger charge is 2.25. The van der Waals surface area contributed by atoms with Gasteiger partial charge in [-0.15, -0.1) is 0 Å². The Bertz CT molecular complexity index is 1190. The number of hydrogen-bond acceptors (Lipinski definition) is 4. The third-order valence-electron chi connectivity index (χ3n) is 6.73. The molecular formula is C32H42N4S2. The van der Waals surface area contributed by atoms with Crippen molar-refractivity contribution < 1.29 is 0 Å². The summed E-state index contributed by atoms with van der Waals surface area (Å²) in [6.45, 7) is 15.5. The fourth-order valence-corrected chi connectivity index (χ4v) is 7.01. The molecule has 6 heteroatoms. The van der Waals surface area contributed by atoms with E-state index in [2.05, 4.69) is 111 Å². The van der Waals surface area contributed by atoms with E-state index in [9.17, 15) is 0 Å². The molecule has 0 bridgehead atoms. The van der Waals surface area contributed by atoms with Gasteiger partial charge in [0.25, 0.3) is 0 Å². The molecule has 202 valence electrons. The molecule has 4 aromatic rings. The molecule has 2 aromatic carbocycles. The van der Waals surface area contributed by atoms with Crippen molar-refractivity contribution in [2.75, 3.05) is 0 Å². The fourth-order valence-electron chi connectivity index (χ4n) is 4.81. The summed E-state index contributed by atoms with van der Waals surface area (Å²) in [4.78, 5) is 10.5. The van der Waals surface area contributed by atoms with Gasteiger partial charge in [-0.25, -0.2) is 9.97 Å². The summed E-state index contributed by atoms with van der Waals surface area (Å²) in [5.74, 6) is 3.05. The lowest BCUT2D eigenvalue weighted by Gasteiger charge is -2.14. The number of aromatic nitrogens is 4. The molecule has 2 heterocycles. The van der Waals surface area contributed by atoms with Gasteiger partial charge in [0.15, 0.2) is 0 Å². The van der Waals surface area contributed by atoms with Crippen LogP contribution in [0.1, 0.15) is 90.7 Å². The van der Waals surface area contributed by atoms with Crippen molar-refractivity contribution in [2.24, 2.45) is 0 Å². The molecule has 4 rings (SSSR count). The molecule has 0 radical (unpaired) electrons. The molecule has 2 aromatic heterocycles. The molecule has 0 aliphatic carbocycles. The third-order valence-corrected chi connectivity index (χ3v) is 8.89. The standard InChI is InChI=1S/C32H42N4S2/c1-7-9-21-35-27(25-17-13-11-14-18-25)31(33-29(35)23(3)4)37-38-32-28(26-19-15-12-16-20-26)36(22-10-8-2)30(34-32)24(5)6/h11-20,23-24H,7-10,21-22H2,1-6H3. The molecule has 4 nitrogen and oxygen atoms in total. The zero-order chi connectivity index (χ0) is 27.1. The van der Waals surface area contributed by atoms with Crippen molar-refractivity contribution in [1.82, 2.24) is 19.1 Å². The Kier molecular flexibility index (Phi) is 10.2. The first-order chi connectivity index (χ1) is 18.5. The molecule has 38 heavy (non-hydrogen) atoms. The Morgan fingerprint density at radius 3 is 1.29 bits per heavy atom. The van der Waals surface area contributed by atoms with E-state index in [-0.39, 0.29) is 0 Å². The number of unbranched alkanes of at least 4 members (excludes halogenated alkanes) is 2. The highest BCUT2D eigenvalue weighted by atomic mass is 33.1. The van der Waals surface area contributed by atoms with E-state index in [1.807, 2.05) is 0 Å². The maximum atomic E-state index is 5.24. The normalized spacial score (nSPS) is 11.7. The lowest BCUT2D eigenvalue weighted by atomic mass is 10.1. The fraction of sp³-hybridized carbons (Fsp3) is 0.438. The van der Waals surface area contributed by atoms with E-state index < -0.39 is 0 Å². The van der Waals surface area contributed by atoms with Crippen LogP contribution in [0.2, 0.25) is 0 Å². The van der Waals surface area contributed by atoms with Crippen molar-refractivity contribution in [3.8, 4) is 22.5 Å². The summed E-state index contributed by atoms with van der Waals surface area (Å²) in [5.41, 5.74) is 4.92. The molecule has 0 N–H and O–H groups in total. The van der Waals surface area contributed by atoms with Gasteiger partial charge in [-0.1, -0.05) is 115 Å². The van der Waals surface area contributed by atoms with Crippen LogP contribution >= 0.6 is 21.6 Å². The zero-order valence-corrected chi connectivity index (χ0v) is 25.4. The minimum absolute atomic E-state index is 0.356. The number of benzene rings is 2. The minimum Gasteiger partial charge on any atom is -0.327 e. The van der Waals surface area contributed by atoms with Gasteiger partial charge in [0.2, 0.25) is 0 Å². The van der Waals surface area contributed by atoms with E-state index in [1.54, 1.807) is 21.6 Å². The average Bonchev–Trinajstić information content (AvgIpc) is 3.49. The van der Waals surface area contributed by atoms with Gasteiger partial charge in [-0.05, 0) is 34.4 Å². The first-order valence-electron chi connectivity index (χ1n) is 14.1. The molecule has 0 aliphatic heterocycles. The smallest absolute Gasteiger partial charge is 0.133 e. The van der Waals surface area contributed by atoms with E-state index in [0.717, 1.165) is 48.8 Å². The Balaban J connectivity index is 1.79. The summed E-state index contributed by atoms with van der Waals surface area (Å²) in [7, 11) is 3.51. The van der Waals surface area contributed by atoms with Crippen LogP contribution < -0.4 is 0 Å². The van der Waals surface area contributed by atoms with Gasteiger partial charge >= 0.3 is 0 Å². The van der Waals surface area contributed by atoms with Crippen molar-refractivity contribution in [3.63, 3.8) is 0 Å². The van der Waals surface area contributed by atoms with Gasteiger partial charge in [0.05, 0.1) is 11.4 Å². The molecule has 0 amide bonds. The number of hydrogen-bond donors (Lipinski definition) is 0. The molecule has 0 atom stereocenters. The number of rotatable bonds is 13. The second kappa shape index (κ2) is 13.6. The van der Waals surface area contributed by atoms with Gasteiger partial charge < -0.3 is 9.13 Å². The quantitative estimate of drug-likeness (QED) is 0.156. The summed E-state index contributed by atoms with van der Waals surface area (Å²) < 4.78 is 4.92. The Hall–Kier alpha value is -2.44. The van der Waals surface area contributed by atoms with Crippen LogP contribution in [-0.2, 0) is 13.1 Å². The maximum Gasteiger partial charge on any atom is 0.133 e. The van der Waals surface area contributed by atoms with Gasteiger partial charge in [-0.3, -0.25) is 0 Å². The van der Waals surface area contributed by atoms with Gasteiger partial charge in [-0.2, -0.15) is 0 Å². The third kappa shape index (κ3) is 6.40. The number of nitrogens with zero attached hydrogens (tertiary/aromatic N) is 4. The molecule has 0 fully saturated rings. The largest absolute Gasteiger partial charge is 0.327 e. The molecule has 0 saturated carbocycles. The molecule has 0 aliphatic rings. The van der Waals surface area contributed by atoms with Crippen LogP contribution in [0, 0.1) is 0 Å². The second-order valence-electron chi connectivity index (χ2n) is 10.5. The van der Waals surface area contributed by atoms with Crippen LogP contribution in [0.3, 0.4) is 0 Å². The predicted molar refractivity (Wildman–Crippen MR) is 165 cm³/mol. The lowest BCUT2D eigenvalue weighted by molar-refractivity contribution is 0.587. The monoisotopic (exact) mass is 546 g/mol. The van der Waals surface area contributed by atoms with E-state index in [1.165, 1.54) is 34.2 Å². The maximum absolute atomic E-state index is 5.24. The van der Waals surface area contributed by atoms with Gasteiger partial charge in [0.1, 0.15) is 21.7 Å². The van der Waals surface area contributed by atoms with Crippen LogP contribution in [0.25, 0.3) is 22.5 Å². The average molecular weight is 547 g/mol. The molecule has 0 saturated heterocycles. The molecule has 0 unspecified atom stereocenters. The van der Waals surface area contributed by atoms with E-state index in [0.29, 0.717) is 11.8 Å². The van der Waals surface area contributed by atoms with Crippen LogP contribution in [0.4, 0.5) is 0 Å². The van der Waals surface area contributed by atoms with Crippen LogP contribution in [-0.4, -0.2) is 19.1 Å². The lowest BCUT2D eigenvalue weighted by Crippen LogP contribution is -2.07. The second-order valence-corrected chi connectivity index (χ2v) is 12.6. The number of imidazole rings is 2. The summed E-state index contributed by atoms with van der Waals surface area (Å²) in [5, 5.41) is 2.16. The summed E-state index contributed by atoms with van der Waals surface area (Å²) in [6, 6.07) is 21.5. The van der Waals surface area contributed by atoms with Crippen LogP contribution in [0.5, 0.6) is 0 Å². The summed E-state index contributed by atoms with van der Waals surface area (Å²) in [6.07, 6.45) is 4.61. The Morgan fingerprint density at radius 1 is 0.605 bits per heavy atom. The predicted octanol–water partition coefficient (Wildman–Crippen LogP) is 10.1. The van der Waals surface area contributed by atoms with E-state index in [4.69, 9.17) is 9.97 Å². The van der Waals surface area contributed by atoms with Crippen molar-refractivity contribution in [3.05, 3.63) is 72.3 Å². The summed E-state index contributed by atoms with van der Waals surface area (Å²) >= 11 is 0. The minimum atomic E-state index is 0.356. The van der Waals surface area contributed by atoms with Crippen LogP contribution in [0.15, 0.2) is 70.7 Å². The van der Waals surface area contributed by atoms with E-state index >= 15 is 0 Å². The highest BCUT2D eigenvalue weighted by molar-refractivity contribution is 8.76.